The highest BCUT2D eigenvalue weighted by atomic mass is 16.6. The molecule has 0 spiro atoms. The molecule has 1 saturated carbocycles. The minimum Gasteiger partial charge on any atom is -0.274 e. The van der Waals surface area contributed by atoms with Crippen LogP contribution in [-0.2, 0) is 9.59 Å². The predicted octanol–water partition coefficient (Wildman–Crippen LogP) is 2.30. The number of imide groups is 1. The van der Waals surface area contributed by atoms with Gasteiger partial charge in [0.05, 0.1) is 22.4 Å². The van der Waals surface area contributed by atoms with Crippen LogP contribution in [0, 0.1) is 33.8 Å². The van der Waals surface area contributed by atoms with Crippen molar-refractivity contribution in [2.75, 3.05) is 4.90 Å². The van der Waals surface area contributed by atoms with Crippen molar-refractivity contribution in [1.82, 2.24) is 0 Å². The minimum absolute atomic E-state index is 0.117. The highest BCUT2D eigenvalue weighted by Gasteiger charge is 2.56. The van der Waals surface area contributed by atoms with Crippen LogP contribution in [0.2, 0.25) is 0 Å². The van der Waals surface area contributed by atoms with E-state index in [1.807, 2.05) is 0 Å². The third kappa shape index (κ3) is 1.66. The minimum atomic E-state index is -0.521. The lowest BCUT2D eigenvalue weighted by Crippen LogP contribution is -2.38. The molecule has 1 aromatic rings. The zero-order valence-electron chi connectivity index (χ0n) is 11.7. The van der Waals surface area contributed by atoms with E-state index in [1.165, 1.54) is 18.2 Å². The molecule has 0 unspecified atom stereocenters. The van der Waals surface area contributed by atoms with Gasteiger partial charge in [-0.1, -0.05) is 18.2 Å². The van der Waals surface area contributed by atoms with Crippen LogP contribution >= 0.6 is 0 Å². The lowest BCUT2D eigenvalue weighted by molar-refractivity contribution is -0.384. The molecule has 5 rings (SSSR count). The highest BCUT2D eigenvalue weighted by Crippen LogP contribution is 2.50. The topological polar surface area (TPSA) is 80.5 Å². The second-order valence-electron chi connectivity index (χ2n) is 6.13. The van der Waals surface area contributed by atoms with Crippen LogP contribution in [0.4, 0.5) is 11.4 Å². The Morgan fingerprint density at radius 2 is 1.64 bits per heavy atom. The fourth-order valence-corrected chi connectivity index (χ4v) is 4.07. The first kappa shape index (κ1) is 13.2. The van der Waals surface area contributed by atoms with Gasteiger partial charge < -0.3 is 0 Å². The van der Waals surface area contributed by atoms with Gasteiger partial charge in [-0.15, -0.1) is 0 Å². The first-order valence-electron chi connectivity index (χ1n) is 7.38. The van der Waals surface area contributed by atoms with Crippen LogP contribution in [-0.4, -0.2) is 16.7 Å². The summed E-state index contributed by atoms with van der Waals surface area (Å²) in [7, 11) is 0. The van der Waals surface area contributed by atoms with E-state index in [0.29, 0.717) is 5.69 Å². The van der Waals surface area contributed by atoms with Gasteiger partial charge in [0.2, 0.25) is 11.8 Å². The Morgan fingerprint density at radius 1 is 1.05 bits per heavy atom. The lowest BCUT2D eigenvalue weighted by Gasteiger charge is -2.38. The number of nitro benzene ring substituents is 1. The molecule has 0 radical (unpaired) electrons. The molecule has 0 aromatic heterocycles. The van der Waals surface area contributed by atoms with Crippen molar-refractivity contribution in [3.05, 3.63) is 46.5 Å². The Kier molecular flexibility index (Phi) is 2.69. The predicted molar refractivity (Wildman–Crippen MR) is 77.9 cm³/mol. The molecule has 112 valence electrons. The summed E-state index contributed by atoms with van der Waals surface area (Å²) in [6.07, 6.45) is 5.98. The third-order valence-electron chi connectivity index (χ3n) is 5.06. The van der Waals surface area contributed by atoms with Crippen LogP contribution in [0.3, 0.4) is 0 Å². The van der Waals surface area contributed by atoms with Crippen molar-refractivity contribution in [3.63, 3.8) is 0 Å². The van der Waals surface area contributed by atoms with Gasteiger partial charge in [-0.25, -0.2) is 4.90 Å². The molecule has 1 heterocycles. The zero-order valence-corrected chi connectivity index (χ0v) is 11.7. The van der Waals surface area contributed by atoms with Crippen molar-refractivity contribution >= 4 is 23.2 Å². The van der Waals surface area contributed by atoms with Crippen molar-refractivity contribution in [2.45, 2.75) is 12.8 Å². The average molecular weight is 298 g/mol. The van der Waals surface area contributed by atoms with Gasteiger partial charge in [0.25, 0.3) is 5.69 Å². The second kappa shape index (κ2) is 4.50. The summed E-state index contributed by atoms with van der Waals surface area (Å²) in [5.41, 5.74) is 0.187. The molecule has 2 amide bonds. The molecule has 1 saturated heterocycles. The number of carbonyl (C=O) groups excluding carboxylic acids is 2. The van der Waals surface area contributed by atoms with Gasteiger partial charge in [0.15, 0.2) is 0 Å². The number of non-ortho nitro benzene ring substituents is 1. The molecule has 22 heavy (non-hydrogen) atoms. The maximum atomic E-state index is 12.7. The number of allylic oxidation sites excluding steroid dienone is 2. The first-order chi connectivity index (χ1) is 10.6. The van der Waals surface area contributed by atoms with E-state index in [-0.39, 0.29) is 41.2 Å². The monoisotopic (exact) mass is 298 g/mol. The molecule has 2 fully saturated rings. The van der Waals surface area contributed by atoms with Crippen molar-refractivity contribution in [2.24, 2.45) is 23.7 Å². The number of hydrogen-bond acceptors (Lipinski definition) is 4. The number of hydrogen-bond donors (Lipinski definition) is 0. The standard InChI is InChI=1S/C16H14N2O4/c19-15-13-9-4-5-10(7-6-9)14(13)16(20)17(15)11-2-1-3-12(8-11)18(21)22/h1-5,8-10,13-14H,6-7H2/t9-,10+,13-,14-/m0/s1. The zero-order chi connectivity index (χ0) is 15.4. The van der Waals surface area contributed by atoms with E-state index >= 15 is 0 Å². The summed E-state index contributed by atoms with van der Waals surface area (Å²) in [4.78, 5) is 37.0. The van der Waals surface area contributed by atoms with Gasteiger partial charge in [-0.3, -0.25) is 19.7 Å². The largest absolute Gasteiger partial charge is 0.274 e. The number of nitrogens with zero attached hydrogens (tertiary/aromatic N) is 2. The maximum Gasteiger partial charge on any atom is 0.271 e. The lowest BCUT2D eigenvalue weighted by atomic mass is 9.63. The average Bonchev–Trinajstić information content (AvgIpc) is 2.82. The molecule has 4 aliphatic rings. The molecule has 0 N–H and O–H groups in total. The number of amides is 2. The van der Waals surface area contributed by atoms with Gasteiger partial charge in [0, 0.05) is 12.1 Å². The Bertz CT molecular complexity index is 695. The van der Waals surface area contributed by atoms with E-state index in [4.69, 9.17) is 0 Å². The summed E-state index contributed by atoms with van der Waals surface area (Å²) in [6, 6.07) is 5.73. The van der Waals surface area contributed by atoms with Crippen molar-refractivity contribution in [1.29, 1.82) is 0 Å². The fourth-order valence-electron chi connectivity index (χ4n) is 4.07. The SMILES string of the molecule is O=C1[C@@H]2[C@@H](C(=O)N1c1cccc([N+](=O)[O-])c1)[C@H]1C=C[C@@H]2CC1. The first-order valence-corrected chi connectivity index (χ1v) is 7.38. The molecular formula is C16H14N2O4. The van der Waals surface area contributed by atoms with E-state index in [1.54, 1.807) is 6.07 Å². The molecule has 1 aromatic carbocycles. The Hall–Kier alpha value is -2.50. The summed E-state index contributed by atoms with van der Waals surface area (Å²) in [5, 5.41) is 10.9. The number of rotatable bonds is 2. The molecule has 1 aliphatic heterocycles. The summed E-state index contributed by atoms with van der Waals surface area (Å²) in [6.45, 7) is 0. The smallest absolute Gasteiger partial charge is 0.271 e. The van der Waals surface area contributed by atoms with Crippen LogP contribution in [0.15, 0.2) is 36.4 Å². The van der Waals surface area contributed by atoms with E-state index in [9.17, 15) is 19.7 Å². The normalized spacial score (nSPS) is 32.5. The summed E-state index contributed by atoms with van der Waals surface area (Å²) >= 11 is 0. The third-order valence-corrected chi connectivity index (χ3v) is 5.06. The molecule has 6 nitrogen and oxygen atoms in total. The number of fused-ring (bicyclic) bond motifs is 1. The summed E-state index contributed by atoms with van der Waals surface area (Å²) in [5.74, 6) is -0.777. The van der Waals surface area contributed by atoms with E-state index in [2.05, 4.69) is 12.2 Å². The Balaban J connectivity index is 1.75. The van der Waals surface area contributed by atoms with Crippen molar-refractivity contribution in [3.8, 4) is 0 Å². The van der Waals surface area contributed by atoms with Crippen LogP contribution in [0.5, 0.6) is 0 Å². The molecule has 6 heteroatoms. The summed E-state index contributed by atoms with van der Waals surface area (Å²) < 4.78 is 0. The van der Waals surface area contributed by atoms with Crippen LogP contribution < -0.4 is 4.90 Å². The Labute approximate surface area is 126 Å². The fraction of sp³-hybridized carbons (Fsp3) is 0.375. The number of benzene rings is 1. The maximum absolute atomic E-state index is 12.7. The van der Waals surface area contributed by atoms with E-state index in [0.717, 1.165) is 17.7 Å². The number of anilines is 1. The van der Waals surface area contributed by atoms with Crippen LogP contribution in [0.25, 0.3) is 0 Å². The molecule has 3 aliphatic carbocycles. The van der Waals surface area contributed by atoms with Gasteiger partial charge in [-0.2, -0.15) is 0 Å². The molecule has 2 bridgehead atoms. The van der Waals surface area contributed by atoms with Gasteiger partial charge in [0.1, 0.15) is 0 Å². The van der Waals surface area contributed by atoms with Crippen LogP contribution in [0.1, 0.15) is 12.8 Å². The van der Waals surface area contributed by atoms with Gasteiger partial charge in [-0.05, 0) is 30.7 Å². The molecule has 4 atom stereocenters. The molecular weight excluding hydrogens is 284 g/mol. The number of carbonyl (C=O) groups is 2. The second-order valence-corrected chi connectivity index (χ2v) is 6.13. The quantitative estimate of drug-likeness (QED) is 0.363. The Morgan fingerprint density at radius 3 is 2.14 bits per heavy atom. The van der Waals surface area contributed by atoms with E-state index < -0.39 is 4.92 Å². The highest BCUT2D eigenvalue weighted by molar-refractivity contribution is 6.22. The number of nitro groups is 1. The van der Waals surface area contributed by atoms with Crippen molar-refractivity contribution < 1.29 is 14.5 Å². The van der Waals surface area contributed by atoms with Gasteiger partial charge >= 0.3 is 0 Å².